The molecule has 6 heteroatoms. The van der Waals surface area contributed by atoms with E-state index in [4.69, 9.17) is 0 Å². The van der Waals surface area contributed by atoms with Crippen LogP contribution in [0.25, 0.3) is 11.3 Å². The zero-order valence-electron chi connectivity index (χ0n) is 16.9. The van der Waals surface area contributed by atoms with Crippen LogP contribution in [0.5, 0.6) is 0 Å². The zero-order valence-corrected chi connectivity index (χ0v) is 17.7. The maximum atomic E-state index is 12.9. The first-order valence-corrected chi connectivity index (χ1v) is 10.9. The van der Waals surface area contributed by atoms with Gasteiger partial charge in [0, 0.05) is 10.4 Å². The molecule has 1 aromatic carbocycles. The van der Waals surface area contributed by atoms with E-state index in [9.17, 15) is 14.7 Å². The summed E-state index contributed by atoms with van der Waals surface area (Å²) in [6, 6.07) is 8.41. The number of carbonyl (C=O) groups excluding carboxylic acids is 1. The van der Waals surface area contributed by atoms with Crippen LogP contribution in [0.1, 0.15) is 30.7 Å². The number of aryl methyl sites for hydroxylation is 1. The Kier molecular flexibility index (Phi) is 5.30. The number of anilines is 1. The monoisotopic (exact) mass is 410 g/mol. The largest absolute Gasteiger partial charge is 0.481 e. The van der Waals surface area contributed by atoms with E-state index in [1.165, 1.54) is 16.9 Å². The highest BCUT2D eigenvalue weighted by Gasteiger charge is 2.51. The molecule has 4 rings (SSSR count). The molecular formula is C23H26N2O3S. The van der Waals surface area contributed by atoms with Crippen molar-refractivity contribution in [2.75, 3.05) is 5.32 Å². The van der Waals surface area contributed by atoms with E-state index in [1.807, 2.05) is 19.1 Å². The highest BCUT2D eigenvalue weighted by Crippen LogP contribution is 2.48. The minimum atomic E-state index is -0.889. The Morgan fingerprint density at radius 2 is 1.83 bits per heavy atom. The quantitative estimate of drug-likeness (QED) is 0.672. The highest BCUT2D eigenvalue weighted by molar-refractivity contribution is 7.16. The van der Waals surface area contributed by atoms with Crippen LogP contribution >= 0.6 is 11.3 Å². The van der Waals surface area contributed by atoms with E-state index in [2.05, 4.69) is 48.4 Å². The van der Waals surface area contributed by atoms with Gasteiger partial charge in [-0.15, -0.1) is 11.3 Å². The van der Waals surface area contributed by atoms with E-state index in [-0.39, 0.29) is 17.7 Å². The van der Waals surface area contributed by atoms with Gasteiger partial charge in [0.15, 0.2) is 5.13 Å². The summed E-state index contributed by atoms with van der Waals surface area (Å²) in [6.45, 7) is 6.40. The Morgan fingerprint density at radius 3 is 2.45 bits per heavy atom. The lowest BCUT2D eigenvalue weighted by atomic mass is 9.82. The van der Waals surface area contributed by atoms with E-state index >= 15 is 0 Å². The lowest BCUT2D eigenvalue weighted by molar-refractivity contribution is -0.146. The number of carboxylic acids is 1. The molecule has 2 aliphatic carbocycles. The minimum absolute atomic E-state index is 0.00938. The van der Waals surface area contributed by atoms with E-state index < -0.39 is 17.8 Å². The standard InChI is InChI=1S/C23H26N2O3S/c1-12(2)10-14-4-6-15(7-5-14)20-13(3)29-23(24-20)25-21(26)18-16-8-9-17(11-16)19(18)22(27)28/h4-9,12,16-19H,10-11H2,1-3H3,(H,27,28)(H,24,25,26)/t16-,17-,18-,19+/m0/s1. The summed E-state index contributed by atoms with van der Waals surface area (Å²) < 4.78 is 0. The molecule has 2 N–H and O–H groups in total. The normalized spacial score (nSPS) is 25.0. The lowest BCUT2D eigenvalue weighted by Crippen LogP contribution is -2.36. The predicted octanol–water partition coefficient (Wildman–Crippen LogP) is 4.78. The van der Waals surface area contributed by atoms with Gasteiger partial charge in [-0.25, -0.2) is 4.98 Å². The zero-order chi connectivity index (χ0) is 20.7. The first-order valence-electron chi connectivity index (χ1n) is 10.1. The summed E-state index contributed by atoms with van der Waals surface area (Å²) >= 11 is 1.43. The maximum absolute atomic E-state index is 12.9. The van der Waals surface area contributed by atoms with Gasteiger partial charge >= 0.3 is 5.97 Å². The van der Waals surface area contributed by atoms with Crippen LogP contribution in [0.3, 0.4) is 0 Å². The van der Waals surface area contributed by atoms with Gasteiger partial charge in [-0.05, 0) is 43.1 Å². The summed E-state index contributed by atoms with van der Waals surface area (Å²) in [4.78, 5) is 30.2. The molecule has 1 saturated carbocycles. The minimum Gasteiger partial charge on any atom is -0.481 e. The molecule has 0 unspecified atom stereocenters. The summed E-state index contributed by atoms with van der Waals surface area (Å²) in [5.74, 6) is -1.70. The van der Waals surface area contributed by atoms with Crippen molar-refractivity contribution in [2.24, 2.45) is 29.6 Å². The summed E-state index contributed by atoms with van der Waals surface area (Å²) in [5.41, 5.74) is 3.19. The van der Waals surface area contributed by atoms with Crippen molar-refractivity contribution >= 4 is 28.3 Å². The number of nitrogens with zero attached hydrogens (tertiary/aromatic N) is 1. The van der Waals surface area contributed by atoms with Gasteiger partial charge in [-0.3, -0.25) is 9.59 Å². The van der Waals surface area contributed by atoms with Crippen molar-refractivity contribution in [2.45, 2.75) is 33.6 Å². The molecule has 5 nitrogen and oxygen atoms in total. The number of thiazole rings is 1. The molecule has 0 aliphatic heterocycles. The average molecular weight is 411 g/mol. The first kappa shape index (κ1) is 19.8. The van der Waals surface area contributed by atoms with Gasteiger partial charge < -0.3 is 10.4 Å². The Morgan fingerprint density at radius 1 is 1.17 bits per heavy atom. The van der Waals surface area contributed by atoms with Gasteiger partial charge in [0.1, 0.15) is 0 Å². The van der Waals surface area contributed by atoms with Gasteiger partial charge in [0.05, 0.1) is 17.5 Å². The number of carbonyl (C=O) groups is 2. The highest BCUT2D eigenvalue weighted by atomic mass is 32.1. The van der Waals surface area contributed by atoms with Crippen molar-refractivity contribution in [3.8, 4) is 11.3 Å². The molecular weight excluding hydrogens is 384 g/mol. The van der Waals surface area contributed by atoms with Crippen molar-refractivity contribution in [1.29, 1.82) is 0 Å². The molecule has 1 heterocycles. The van der Waals surface area contributed by atoms with Crippen LogP contribution in [-0.2, 0) is 16.0 Å². The molecule has 2 aromatic rings. The molecule has 1 fully saturated rings. The summed E-state index contributed by atoms with van der Waals surface area (Å²) in [6.07, 6.45) is 5.73. The van der Waals surface area contributed by atoms with Crippen molar-refractivity contribution in [1.82, 2.24) is 4.98 Å². The van der Waals surface area contributed by atoms with Gasteiger partial charge in [0.2, 0.25) is 5.91 Å². The van der Waals surface area contributed by atoms with Crippen LogP contribution < -0.4 is 5.32 Å². The number of aromatic nitrogens is 1. The third-order valence-corrected chi connectivity index (χ3v) is 6.83. The maximum Gasteiger partial charge on any atom is 0.307 e. The van der Waals surface area contributed by atoms with E-state index in [1.54, 1.807) is 0 Å². The number of amides is 1. The Balaban J connectivity index is 1.50. The molecule has 4 atom stereocenters. The molecule has 1 aromatic heterocycles. The number of benzene rings is 1. The van der Waals surface area contributed by atoms with Gasteiger partial charge in [-0.1, -0.05) is 50.3 Å². The lowest BCUT2D eigenvalue weighted by Gasteiger charge is -2.23. The molecule has 152 valence electrons. The molecule has 0 saturated heterocycles. The topological polar surface area (TPSA) is 79.3 Å². The summed E-state index contributed by atoms with van der Waals surface area (Å²) in [7, 11) is 0. The number of rotatable bonds is 6. The number of hydrogen-bond acceptors (Lipinski definition) is 4. The van der Waals surface area contributed by atoms with Crippen LogP contribution in [0.2, 0.25) is 0 Å². The summed E-state index contributed by atoms with van der Waals surface area (Å²) in [5, 5.41) is 13.0. The second-order valence-corrected chi connectivity index (χ2v) is 9.75. The average Bonchev–Trinajstić information content (AvgIpc) is 3.36. The number of hydrogen-bond donors (Lipinski definition) is 2. The smallest absolute Gasteiger partial charge is 0.307 e. The Hall–Kier alpha value is -2.47. The van der Waals surface area contributed by atoms with Crippen molar-refractivity contribution in [3.63, 3.8) is 0 Å². The second-order valence-electron chi connectivity index (χ2n) is 8.55. The number of carboxylic acid groups (broad SMARTS) is 1. The number of allylic oxidation sites excluding steroid dienone is 2. The Bertz CT molecular complexity index is 961. The predicted molar refractivity (Wildman–Crippen MR) is 115 cm³/mol. The van der Waals surface area contributed by atoms with Crippen LogP contribution in [0.4, 0.5) is 5.13 Å². The second kappa shape index (κ2) is 7.75. The molecule has 2 aliphatic rings. The van der Waals surface area contributed by atoms with Crippen molar-refractivity contribution in [3.05, 3.63) is 46.9 Å². The Labute approximate surface area is 174 Å². The molecule has 2 bridgehead atoms. The first-order chi connectivity index (χ1) is 13.8. The molecule has 1 amide bonds. The van der Waals surface area contributed by atoms with E-state index in [0.717, 1.165) is 29.0 Å². The van der Waals surface area contributed by atoms with Gasteiger partial charge in [-0.2, -0.15) is 0 Å². The molecule has 0 spiro atoms. The third kappa shape index (κ3) is 3.86. The molecule has 29 heavy (non-hydrogen) atoms. The number of nitrogens with one attached hydrogen (secondary N) is 1. The van der Waals surface area contributed by atoms with Crippen molar-refractivity contribution < 1.29 is 14.7 Å². The third-order valence-electron chi connectivity index (χ3n) is 5.95. The SMILES string of the molecule is Cc1sc(NC(=O)[C@@H]2[C@H](C(=O)O)[C@H]3C=C[C@H]2C3)nc1-c1ccc(CC(C)C)cc1. The van der Waals surface area contributed by atoms with Crippen LogP contribution in [0.15, 0.2) is 36.4 Å². The number of fused-ring (bicyclic) bond motifs is 2. The number of aliphatic carboxylic acids is 1. The van der Waals surface area contributed by atoms with E-state index in [0.29, 0.717) is 11.0 Å². The fourth-order valence-corrected chi connectivity index (χ4v) is 5.53. The molecule has 0 radical (unpaired) electrons. The fourth-order valence-electron chi connectivity index (χ4n) is 4.69. The van der Waals surface area contributed by atoms with Crippen LogP contribution in [-0.4, -0.2) is 22.0 Å². The van der Waals surface area contributed by atoms with Crippen LogP contribution in [0, 0.1) is 36.5 Å². The fraction of sp³-hybridized carbons (Fsp3) is 0.435. The van der Waals surface area contributed by atoms with Gasteiger partial charge in [0.25, 0.3) is 0 Å².